The molecule has 80 valence electrons. The van der Waals surface area contributed by atoms with Gasteiger partial charge in [-0.3, -0.25) is 14.9 Å². The number of hydrogen-bond acceptors (Lipinski definition) is 4. The molecule has 1 fully saturated rings. The predicted octanol–water partition coefficient (Wildman–Crippen LogP) is 0.100. The van der Waals surface area contributed by atoms with Gasteiger partial charge in [0.2, 0.25) is 0 Å². The number of fused-ring (bicyclic) bond motifs is 2. The van der Waals surface area contributed by atoms with Gasteiger partial charge in [0, 0.05) is 11.3 Å². The Morgan fingerprint density at radius 2 is 1.69 bits per heavy atom. The van der Waals surface area contributed by atoms with E-state index in [1.54, 1.807) is 24.3 Å². The van der Waals surface area contributed by atoms with Crippen molar-refractivity contribution in [3.63, 3.8) is 0 Å². The van der Waals surface area contributed by atoms with Crippen LogP contribution in [0.1, 0.15) is 5.56 Å². The second kappa shape index (κ2) is 2.60. The van der Waals surface area contributed by atoms with Crippen molar-refractivity contribution in [1.29, 1.82) is 0 Å². The average molecular weight is 218 g/mol. The number of carbonyl (C=O) groups is 3. The first-order valence-electron chi connectivity index (χ1n) is 4.60. The smallest absolute Gasteiger partial charge is 0.415 e. The third kappa shape index (κ3) is 0.837. The number of rotatable bonds is 0. The molecule has 1 unspecified atom stereocenters. The van der Waals surface area contributed by atoms with Crippen LogP contribution < -0.4 is 10.6 Å². The van der Waals surface area contributed by atoms with Crippen molar-refractivity contribution >= 4 is 23.6 Å². The fourth-order valence-electron chi connectivity index (χ4n) is 1.95. The highest BCUT2D eigenvalue weighted by Gasteiger charge is 2.61. The molecule has 0 aromatic heterocycles. The van der Waals surface area contributed by atoms with Crippen molar-refractivity contribution in [2.75, 3.05) is 5.32 Å². The summed E-state index contributed by atoms with van der Waals surface area (Å²) in [7, 11) is 0. The zero-order valence-corrected chi connectivity index (χ0v) is 7.94. The summed E-state index contributed by atoms with van der Waals surface area (Å²) >= 11 is 0. The molecular formula is C10H6N2O4. The quantitative estimate of drug-likeness (QED) is 0.605. The van der Waals surface area contributed by atoms with Crippen molar-refractivity contribution in [3.05, 3.63) is 29.8 Å². The molecule has 1 aromatic carbocycles. The van der Waals surface area contributed by atoms with Crippen LogP contribution in [0.4, 0.5) is 10.5 Å². The van der Waals surface area contributed by atoms with E-state index in [0.29, 0.717) is 11.3 Å². The Morgan fingerprint density at radius 3 is 2.38 bits per heavy atom. The highest BCUT2D eigenvalue weighted by atomic mass is 16.6. The largest absolute Gasteiger partial charge is 0.417 e. The van der Waals surface area contributed by atoms with Crippen LogP contribution in [0.3, 0.4) is 0 Å². The highest BCUT2D eigenvalue weighted by molar-refractivity contribution is 6.24. The average Bonchev–Trinajstić information content (AvgIpc) is 2.69. The number of imide groups is 1. The molecule has 0 bridgehead atoms. The lowest BCUT2D eigenvalue weighted by Crippen LogP contribution is -2.42. The second-order valence-electron chi connectivity index (χ2n) is 3.52. The lowest BCUT2D eigenvalue weighted by molar-refractivity contribution is -0.143. The van der Waals surface area contributed by atoms with Gasteiger partial charge in [-0.25, -0.2) is 4.79 Å². The lowest BCUT2D eigenvalue weighted by atomic mass is 9.95. The number of anilines is 1. The van der Waals surface area contributed by atoms with Gasteiger partial charge in [-0.15, -0.1) is 0 Å². The van der Waals surface area contributed by atoms with Crippen LogP contribution in [0.15, 0.2) is 24.3 Å². The summed E-state index contributed by atoms with van der Waals surface area (Å²) in [5.74, 6) is -1.39. The van der Waals surface area contributed by atoms with Crippen molar-refractivity contribution in [3.8, 4) is 0 Å². The SMILES string of the molecule is O=C1NC(=O)C2(O1)C(=O)Nc1ccccc12. The number of hydrogen-bond donors (Lipinski definition) is 2. The van der Waals surface area contributed by atoms with Gasteiger partial charge in [0.15, 0.2) is 0 Å². The van der Waals surface area contributed by atoms with E-state index < -0.39 is 23.5 Å². The van der Waals surface area contributed by atoms with E-state index in [2.05, 4.69) is 5.32 Å². The molecule has 0 saturated carbocycles. The lowest BCUT2D eigenvalue weighted by Gasteiger charge is -2.15. The topological polar surface area (TPSA) is 84.5 Å². The van der Waals surface area contributed by atoms with Crippen LogP contribution >= 0.6 is 0 Å². The third-order valence-corrected chi connectivity index (χ3v) is 2.66. The maximum atomic E-state index is 11.8. The number of ether oxygens (including phenoxy) is 1. The zero-order valence-electron chi connectivity index (χ0n) is 7.94. The Kier molecular flexibility index (Phi) is 1.45. The monoisotopic (exact) mass is 218 g/mol. The van der Waals surface area contributed by atoms with Crippen molar-refractivity contribution in [1.82, 2.24) is 5.32 Å². The number of carbonyl (C=O) groups excluding carboxylic acids is 3. The molecule has 2 aliphatic rings. The molecule has 0 radical (unpaired) electrons. The minimum absolute atomic E-state index is 0.364. The molecule has 2 heterocycles. The zero-order chi connectivity index (χ0) is 11.3. The Balaban J connectivity index is 2.25. The molecule has 6 nitrogen and oxygen atoms in total. The molecule has 2 aliphatic heterocycles. The first-order valence-corrected chi connectivity index (χ1v) is 4.60. The fourth-order valence-corrected chi connectivity index (χ4v) is 1.95. The maximum absolute atomic E-state index is 11.8. The van der Waals surface area contributed by atoms with E-state index in [1.807, 2.05) is 5.32 Å². The molecule has 0 aliphatic carbocycles. The van der Waals surface area contributed by atoms with Gasteiger partial charge in [-0.05, 0) is 6.07 Å². The van der Waals surface area contributed by atoms with Crippen molar-refractivity contribution < 1.29 is 19.1 Å². The van der Waals surface area contributed by atoms with E-state index in [4.69, 9.17) is 4.74 Å². The number of alkyl carbamates (subject to hydrolysis) is 1. The number of benzene rings is 1. The minimum atomic E-state index is -1.84. The predicted molar refractivity (Wildman–Crippen MR) is 51.4 cm³/mol. The van der Waals surface area contributed by atoms with Gasteiger partial charge in [0.1, 0.15) is 0 Å². The van der Waals surface area contributed by atoms with Gasteiger partial charge in [-0.2, -0.15) is 0 Å². The van der Waals surface area contributed by atoms with Gasteiger partial charge in [-0.1, -0.05) is 18.2 Å². The normalized spacial score (nSPS) is 26.4. The van der Waals surface area contributed by atoms with E-state index in [-0.39, 0.29) is 0 Å². The first kappa shape index (κ1) is 8.90. The van der Waals surface area contributed by atoms with Crippen LogP contribution in [0, 0.1) is 0 Å². The number of para-hydroxylation sites is 1. The van der Waals surface area contributed by atoms with E-state index in [0.717, 1.165) is 0 Å². The Morgan fingerprint density at radius 1 is 1.00 bits per heavy atom. The van der Waals surface area contributed by atoms with E-state index >= 15 is 0 Å². The summed E-state index contributed by atoms with van der Waals surface area (Å²) in [6, 6.07) is 6.60. The standard InChI is InChI=1S/C10H6N2O4/c13-7-10(8(14)12-9(15)16-10)5-3-1-2-4-6(5)11-7/h1-4H,(H,11,13)(H,12,14,15). The van der Waals surface area contributed by atoms with Gasteiger partial charge in [0.05, 0.1) is 0 Å². The summed E-state index contributed by atoms with van der Waals surface area (Å²) < 4.78 is 4.85. The molecule has 3 rings (SSSR count). The summed E-state index contributed by atoms with van der Waals surface area (Å²) in [6.07, 6.45) is -0.906. The third-order valence-electron chi connectivity index (χ3n) is 2.66. The summed E-state index contributed by atoms with van der Waals surface area (Å²) in [5.41, 5.74) is -0.992. The number of amides is 3. The van der Waals surface area contributed by atoms with Crippen LogP contribution in [0.5, 0.6) is 0 Å². The molecule has 1 spiro atoms. The van der Waals surface area contributed by atoms with Crippen molar-refractivity contribution in [2.45, 2.75) is 5.60 Å². The number of nitrogens with one attached hydrogen (secondary N) is 2. The Labute approximate surface area is 89.6 Å². The highest BCUT2D eigenvalue weighted by Crippen LogP contribution is 2.41. The minimum Gasteiger partial charge on any atom is -0.417 e. The molecule has 3 amide bonds. The molecule has 6 heteroatoms. The van der Waals surface area contributed by atoms with E-state index in [9.17, 15) is 14.4 Å². The molecule has 1 aromatic rings. The molecule has 1 atom stereocenters. The van der Waals surface area contributed by atoms with Gasteiger partial charge >= 0.3 is 6.09 Å². The molecule has 16 heavy (non-hydrogen) atoms. The van der Waals surface area contributed by atoms with Gasteiger partial charge in [0.25, 0.3) is 17.4 Å². The summed E-state index contributed by atoms with van der Waals surface area (Å²) in [6.45, 7) is 0. The van der Waals surface area contributed by atoms with Crippen LogP contribution in [0.25, 0.3) is 0 Å². The first-order chi connectivity index (χ1) is 7.64. The molecular weight excluding hydrogens is 212 g/mol. The Hall–Kier alpha value is -2.37. The van der Waals surface area contributed by atoms with E-state index in [1.165, 1.54) is 0 Å². The second-order valence-corrected chi connectivity index (χ2v) is 3.52. The Bertz CT molecular complexity index is 539. The maximum Gasteiger partial charge on any atom is 0.415 e. The molecule has 2 N–H and O–H groups in total. The van der Waals surface area contributed by atoms with Gasteiger partial charge < -0.3 is 10.1 Å². The summed E-state index contributed by atoms with van der Waals surface area (Å²) in [4.78, 5) is 34.5. The summed E-state index contributed by atoms with van der Waals surface area (Å²) in [5, 5.41) is 4.46. The fraction of sp³-hybridized carbons (Fsp3) is 0.100. The van der Waals surface area contributed by atoms with Crippen molar-refractivity contribution in [2.24, 2.45) is 0 Å². The van der Waals surface area contributed by atoms with Crippen LogP contribution in [0.2, 0.25) is 0 Å². The molecule has 1 saturated heterocycles. The van der Waals surface area contributed by atoms with Crippen LogP contribution in [-0.2, 0) is 19.9 Å². The van der Waals surface area contributed by atoms with Crippen LogP contribution in [-0.4, -0.2) is 17.9 Å².